The lowest BCUT2D eigenvalue weighted by Gasteiger charge is -2.17. The maximum Gasteiger partial charge on any atom is 0.132 e. The average molecular weight is 301 g/mol. The van der Waals surface area contributed by atoms with E-state index in [4.69, 9.17) is 15.2 Å². The Morgan fingerprint density at radius 2 is 1.90 bits per heavy atom. The van der Waals surface area contributed by atoms with Gasteiger partial charge in [0.2, 0.25) is 0 Å². The molecular weight excluding hydrogens is 282 g/mol. The Labute approximate surface area is 129 Å². The summed E-state index contributed by atoms with van der Waals surface area (Å²) in [4.78, 5) is 1.14. The molecule has 110 valence electrons. The predicted molar refractivity (Wildman–Crippen MR) is 86.3 cm³/mol. The van der Waals surface area contributed by atoms with Crippen LogP contribution in [0.1, 0.15) is 17.2 Å². The van der Waals surface area contributed by atoms with Crippen LogP contribution in [0.15, 0.2) is 47.4 Å². The molecule has 0 aromatic heterocycles. The van der Waals surface area contributed by atoms with Crippen molar-refractivity contribution in [2.45, 2.75) is 22.6 Å². The van der Waals surface area contributed by atoms with E-state index in [1.807, 2.05) is 24.3 Å². The van der Waals surface area contributed by atoms with Crippen LogP contribution >= 0.6 is 11.8 Å². The summed E-state index contributed by atoms with van der Waals surface area (Å²) in [7, 11) is 3.39. The smallest absolute Gasteiger partial charge is 0.132 e. The van der Waals surface area contributed by atoms with Gasteiger partial charge in [-0.2, -0.15) is 0 Å². The van der Waals surface area contributed by atoms with E-state index >= 15 is 0 Å². The number of fused-ring (bicyclic) bond motifs is 1. The van der Waals surface area contributed by atoms with E-state index < -0.39 is 0 Å². The van der Waals surface area contributed by atoms with Crippen molar-refractivity contribution < 1.29 is 9.47 Å². The zero-order chi connectivity index (χ0) is 14.8. The van der Waals surface area contributed by atoms with E-state index in [1.165, 1.54) is 11.1 Å². The van der Waals surface area contributed by atoms with Crippen molar-refractivity contribution in [3.05, 3.63) is 53.6 Å². The first-order valence-corrected chi connectivity index (χ1v) is 7.83. The van der Waals surface area contributed by atoms with E-state index in [9.17, 15) is 0 Å². The summed E-state index contributed by atoms with van der Waals surface area (Å²) in [5.74, 6) is 1.77. The van der Waals surface area contributed by atoms with E-state index in [1.54, 1.807) is 26.0 Å². The average Bonchev–Trinajstić information content (AvgIpc) is 2.83. The van der Waals surface area contributed by atoms with Crippen LogP contribution in [-0.4, -0.2) is 19.5 Å². The van der Waals surface area contributed by atoms with Crippen LogP contribution in [0.4, 0.5) is 0 Å². The van der Waals surface area contributed by atoms with E-state index in [0.717, 1.165) is 22.8 Å². The summed E-state index contributed by atoms with van der Waals surface area (Å²) in [6, 6.07) is 14.3. The van der Waals surface area contributed by atoms with E-state index in [0.29, 0.717) is 5.25 Å². The van der Waals surface area contributed by atoms with Gasteiger partial charge in [0.1, 0.15) is 11.5 Å². The van der Waals surface area contributed by atoms with E-state index in [2.05, 4.69) is 18.2 Å². The molecule has 0 bridgehead atoms. The van der Waals surface area contributed by atoms with Crippen LogP contribution in [0.5, 0.6) is 11.5 Å². The van der Waals surface area contributed by atoms with Crippen LogP contribution < -0.4 is 15.2 Å². The molecule has 2 unspecified atom stereocenters. The maximum atomic E-state index is 6.44. The molecule has 2 atom stereocenters. The topological polar surface area (TPSA) is 44.5 Å². The van der Waals surface area contributed by atoms with Crippen molar-refractivity contribution in [3.8, 4) is 11.5 Å². The zero-order valence-corrected chi connectivity index (χ0v) is 13.0. The van der Waals surface area contributed by atoms with Gasteiger partial charge < -0.3 is 15.2 Å². The number of thioether (sulfide) groups is 1. The molecule has 1 aliphatic carbocycles. The fourth-order valence-electron chi connectivity index (χ4n) is 2.73. The second kappa shape index (κ2) is 6.00. The first-order chi connectivity index (χ1) is 10.2. The summed E-state index contributed by atoms with van der Waals surface area (Å²) in [6.45, 7) is 0. The third-order valence-electron chi connectivity index (χ3n) is 3.88. The summed E-state index contributed by atoms with van der Waals surface area (Å²) >= 11 is 1.79. The van der Waals surface area contributed by atoms with Crippen LogP contribution in [0.2, 0.25) is 0 Å². The quantitative estimate of drug-likeness (QED) is 0.940. The fraction of sp³-hybridized carbons (Fsp3) is 0.294. The molecule has 0 aliphatic heterocycles. The minimum absolute atomic E-state index is 0.0185. The van der Waals surface area contributed by atoms with Crippen LogP contribution in [0, 0.1) is 0 Å². The molecule has 3 nitrogen and oxygen atoms in total. The minimum atomic E-state index is 0.0185. The third-order valence-corrected chi connectivity index (χ3v) is 5.24. The molecular formula is C17H19NO2S. The number of methoxy groups -OCH3 is 2. The molecule has 0 spiro atoms. The van der Waals surface area contributed by atoms with Crippen LogP contribution in [-0.2, 0) is 6.42 Å². The highest BCUT2D eigenvalue weighted by atomic mass is 32.2. The number of hydrogen-bond donors (Lipinski definition) is 1. The van der Waals surface area contributed by atoms with Crippen molar-refractivity contribution in [3.63, 3.8) is 0 Å². The van der Waals surface area contributed by atoms with Crippen molar-refractivity contribution >= 4 is 11.8 Å². The fourth-order valence-corrected chi connectivity index (χ4v) is 4.04. The van der Waals surface area contributed by atoms with Gasteiger partial charge in [0.15, 0.2) is 0 Å². The molecule has 2 N–H and O–H groups in total. The molecule has 21 heavy (non-hydrogen) atoms. The lowest BCUT2D eigenvalue weighted by Crippen LogP contribution is -2.19. The molecule has 0 amide bonds. The monoisotopic (exact) mass is 301 g/mol. The summed E-state index contributed by atoms with van der Waals surface area (Å²) in [5.41, 5.74) is 8.95. The summed E-state index contributed by atoms with van der Waals surface area (Å²) < 4.78 is 10.7. The molecule has 0 radical (unpaired) electrons. The van der Waals surface area contributed by atoms with Crippen molar-refractivity contribution in [1.29, 1.82) is 0 Å². The Kier molecular flexibility index (Phi) is 4.08. The number of para-hydroxylation sites is 1. The van der Waals surface area contributed by atoms with E-state index in [-0.39, 0.29) is 6.04 Å². The lowest BCUT2D eigenvalue weighted by atomic mass is 10.1. The van der Waals surface area contributed by atoms with Gasteiger partial charge in [0.25, 0.3) is 0 Å². The van der Waals surface area contributed by atoms with Crippen LogP contribution in [0.3, 0.4) is 0 Å². The SMILES string of the molecule is COc1ccc2c(c1)C(N)C(Sc1ccccc1OC)C2. The highest BCUT2D eigenvalue weighted by Gasteiger charge is 2.31. The maximum absolute atomic E-state index is 6.44. The Morgan fingerprint density at radius 3 is 2.67 bits per heavy atom. The molecule has 2 aromatic carbocycles. The zero-order valence-electron chi connectivity index (χ0n) is 12.2. The summed E-state index contributed by atoms with van der Waals surface area (Å²) in [6.07, 6.45) is 0.975. The predicted octanol–water partition coefficient (Wildman–Crippen LogP) is 3.42. The lowest BCUT2D eigenvalue weighted by molar-refractivity contribution is 0.404. The van der Waals surface area contributed by atoms with Gasteiger partial charge >= 0.3 is 0 Å². The van der Waals surface area contributed by atoms with Gasteiger partial charge in [0.05, 0.1) is 14.2 Å². The minimum Gasteiger partial charge on any atom is -0.497 e. The molecule has 0 saturated carbocycles. The highest BCUT2D eigenvalue weighted by Crippen LogP contribution is 2.43. The second-order valence-electron chi connectivity index (χ2n) is 5.10. The Hall–Kier alpha value is -1.65. The van der Waals surface area contributed by atoms with Crippen molar-refractivity contribution in [2.24, 2.45) is 5.73 Å². The molecule has 2 aromatic rings. The number of nitrogens with two attached hydrogens (primary N) is 1. The summed E-state index contributed by atoms with van der Waals surface area (Å²) in [5, 5.41) is 0.323. The highest BCUT2D eigenvalue weighted by molar-refractivity contribution is 8.00. The molecule has 3 rings (SSSR count). The number of hydrogen-bond acceptors (Lipinski definition) is 4. The molecule has 1 aliphatic rings. The molecule has 0 saturated heterocycles. The number of rotatable bonds is 4. The first-order valence-electron chi connectivity index (χ1n) is 6.95. The molecule has 0 fully saturated rings. The second-order valence-corrected chi connectivity index (χ2v) is 6.38. The number of benzene rings is 2. The van der Waals surface area contributed by atoms with Gasteiger partial charge in [-0.15, -0.1) is 11.8 Å². The molecule has 4 heteroatoms. The van der Waals surface area contributed by atoms with Gasteiger partial charge in [-0.3, -0.25) is 0 Å². The van der Waals surface area contributed by atoms with Crippen molar-refractivity contribution in [2.75, 3.05) is 14.2 Å². The van der Waals surface area contributed by atoms with Gasteiger partial charge in [-0.1, -0.05) is 18.2 Å². The van der Waals surface area contributed by atoms with Crippen molar-refractivity contribution in [1.82, 2.24) is 0 Å². The molecule has 0 heterocycles. The third kappa shape index (κ3) is 2.74. The Bertz CT molecular complexity index is 644. The number of ether oxygens (including phenoxy) is 2. The Balaban J connectivity index is 1.83. The largest absolute Gasteiger partial charge is 0.497 e. The van der Waals surface area contributed by atoms with Gasteiger partial charge in [0, 0.05) is 16.2 Å². The van der Waals surface area contributed by atoms with Crippen LogP contribution in [0.25, 0.3) is 0 Å². The normalized spacial score (nSPS) is 20.1. The first kappa shape index (κ1) is 14.3. The van der Waals surface area contributed by atoms with Gasteiger partial charge in [-0.25, -0.2) is 0 Å². The Morgan fingerprint density at radius 1 is 1.10 bits per heavy atom. The van der Waals surface area contributed by atoms with Gasteiger partial charge in [-0.05, 0) is 41.8 Å². The standard InChI is InChI=1S/C17H19NO2S/c1-19-12-8-7-11-9-16(17(18)13(11)10-12)21-15-6-4-3-5-14(15)20-2/h3-8,10,16-17H,9,18H2,1-2H3.